The lowest BCUT2D eigenvalue weighted by Gasteiger charge is -2.11. The van der Waals surface area contributed by atoms with Crippen molar-refractivity contribution in [2.45, 2.75) is 38.5 Å². The zero-order chi connectivity index (χ0) is 24.7. The van der Waals surface area contributed by atoms with Crippen LogP contribution in [0.5, 0.6) is 11.5 Å². The summed E-state index contributed by atoms with van der Waals surface area (Å²) in [6.45, 7) is 5.95. The molecular weight excluding hydrogens is 456 g/mol. The molecule has 1 aromatic heterocycles. The topological polar surface area (TPSA) is 120 Å². The number of anilines is 2. The molecule has 2 N–H and O–H groups in total. The number of benzene rings is 2. The number of hydrogen-bond donors (Lipinski definition) is 2. The number of carbonyl (C=O) groups excluding carboxylic acids is 1. The number of rotatable bonds is 10. The van der Waals surface area contributed by atoms with Crippen molar-refractivity contribution in [3.63, 3.8) is 0 Å². The van der Waals surface area contributed by atoms with Crippen molar-refractivity contribution in [3.05, 3.63) is 65.5 Å². The summed E-state index contributed by atoms with van der Waals surface area (Å²) in [4.78, 5) is 20.6. The predicted molar refractivity (Wildman–Crippen MR) is 130 cm³/mol. The van der Waals surface area contributed by atoms with Crippen LogP contribution < -0.4 is 19.5 Å². The molecule has 0 aliphatic heterocycles. The number of carbonyl (C=O) groups is 1. The van der Waals surface area contributed by atoms with Crippen molar-refractivity contribution < 1.29 is 22.7 Å². The summed E-state index contributed by atoms with van der Waals surface area (Å²) < 4.78 is 38.5. The van der Waals surface area contributed by atoms with Gasteiger partial charge in [-0.15, -0.1) is 0 Å². The molecule has 0 aliphatic rings. The second-order valence-corrected chi connectivity index (χ2v) is 9.25. The van der Waals surface area contributed by atoms with Gasteiger partial charge in [0.1, 0.15) is 0 Å². The maximum absolute atomic E-state index is 12.6. The Labute approximate surface area is 199 Å². The first kappa shape index (κ1) is 25.0. The monoisotopic (exact) mass is 484 g/mol. The predicted octanol–water partition coefficient (Wildman–Crippen LogP) is 3.87. The summed E-state index contributed by atoms with van der Waals surface area (Å²) >= 11 is 0. The van der Waals surface area contributed by atoms with Gasteiger partial charge in [0.25, 0.3) is 10.0 Å². The van der Waals surface area contributed by atoms with Gasteiger partial charge < -0.3 is 14.8 Å². The molecule has 0 bridgehead atoms. The number of nitrogens with zero attached hydrogens (tertiary/aromatic N) is 2. The van der Waals surface area contributed by atoms with Gasteiger partial charge in [0, 0.05) is 23.5 Å². The molecular formula is C24H28N4O5S. The zero-order valence-corrected chi connectivity index (χ0v) is 20.4. The average molecular weight is 485 g/mol. The van der Waals surface area contributed by atoms with Gasteiger partial charge in [-0.1, -0.05) is 6.07 Å². The van der Waals surface area contributed by atoms with Crippen LogP contribution in [-0.4, -0.2) is 38.0 Å². The van der Waals surface area contributed by atoms with E-state index in [0.29, 0.717) is 41.6 Å². The summed E-state index contributed by atoms with van der Waals surface area (Å²) in [5.74, 6) is 1.11. The molecule has 0 radical (unpaired) electrons. The minimum Gasteiger partial charge on any atom is -0.493 e. The van der Waals surface area contributed by atoms with Gasteiger partial charge in [-0.2, -0.15) is 0 Å². The molecule has 0 saturated carbocycles. The number of amides is 1. The van der Waals surface area contributed by atoms with Crippen LogP contribution in [-0.2, 0) is 21.2 Å². The molecule has 34 heavy (non-hydrogen) atoms. The third-order valence-corrected chi connectivity index (χ3v) is 6.17. The Morgan fingerprint density at radius 3 is 2.26 bits per heavy atom. The SMILES string of the molecule is CCOc1ccc(CCC(=O)Nc2ccc(S(=O)(=O)Nc3nc(C)cc(C)n3)cc2)cc1OC. The molecule has 1 heterocycles. The minimum atomic E-state index is -3.86. The van der Waals surface area contributed by atoms with Gasteiger partial charge in [0.2, 0.25) is 11.9 Å². The lowest BCUT2D eigenvalue weighted by atomic mass is 10.1. The molecule has 0 fully saturated rings. The summed E-state index contributed by atoms with van der Waals surface area (Å²) in [6.07, 6.45) is 0.768. The third-order valence-electron chi connectivity index (χ3n) is 4.82. The lowest BCUT2D eigenvalue weighted by Crippen LogP contribution is -2.16. The highest BCUT2D eigenvalue weighted by Gasteiger charge is 2.16. The molecule has 0 spiro atoms. The Kier molecular flexibility index (Phi) is 8.06. The largest absolute Gasteiger partial charge is 0.493 e. The molecule has 0 unspecified atom stereocenters. The van der Waals surface area contributed by atoms with Crippen LogP contribution in [0.4, 0.5) is 11.6 Å². The Morgan fingerprint density at radius 1 is 0.971 bits per heavy atom. The number of hydrogen-bond acceptors (Lipinski definition) is 7. The second kappa shape index (κ2) is 11.0. The quantitative estimate of drug-likeness (QED) is 0.448. The van der Waals surface area contributed by atoms with Crippen LogP contribution in [0.1, 0.15) is 30.3 Å². The van der Waals surface area contributed by atoms with Crippen LogP contribution in [0.15, 0.2) is 53.4 Å². The summed E-state index contributed by atoms with van der Waals surface area (Å²) in [5, 5.41) is 2.78. The third kappa shape index (κ3) is 6.67. The maximum atomic E-state index is 12.6. The molecule has 10 heteroatoms. The first-order valence-electron chi connectivity index (χ1n) is 10.7. The van der Waals surface area contributed by atoms with E-state index in [0.717, 1.165) is 5.56 Å². The van der Waals surface area contributed by atoms with Crippen LogP contribution >= 0.6 is 0 Å². The maximum Gasteiger partial charge on any atom is 0.264 e. The first-order valence-corrected chi connectivity index (χ1v) is 12.2. The molecule has 0 atom stereocenters. The Hall–Kier alpha value is -3.66. The normalized spacial score (nSPS) is 11.1. The van der Waals surface area contributed by atoms with E-state index in [1.807, 2.05) is 25.1 Å². The van der Waals surface area contributed by atoms with E-state index in [4.69, 9.17) is 9.47 Å². The Bertz CT molecular complexity index is 1240. The van der Waals surface area contributed by atoms with Gasteiger partial charge in [0.15, 0.2) is 11.5 Å². The molecule has 0 aliphatic carbocycles. The second-order valence-electron chi connectivity index (χ2n) is 7.57. The number of aromatic nitrogens is 2. The zero-order valence-electron chi connectivity index (χ0n) is 19.6. The number of ether oxygens (including phenoxy) is 2. The van der Waals surface area contributed by atoms with E-state index in [2.05, 4.69) is 20.0 Å². The molecule has 3 rings (SSSR count). The van der Waals surface area contributed by atoms with E-state index in [-0.39, 0.29) is 23.2 Å². The number of methoxy groups -OCH3 is 1. The van der Waals surface area contributed by atoms with Crippen LogP contribution in [0.25, 0.3) is 0 Å². The molecule has 9 nitrogen and oxygen atoms in total. The molecule has 1 amide bonds. The Balaban J connectivity index is 1.59. The first-order chi connectivity index (χ1) is 16.2. The minimum absolute atomic E-state index is 0.0146. The summed E-state index contributed by atoms with van der Waals surface area (Å²) in [6, 6.07) is 13.2. The fourth-order valence-corrected chi connectivity index (χ4v) is 4.24. The molecule has 3 aromatic rings. The average Bonchev–Trinajstić information content (AvgIpc) is 2.78. The van der Waals surface area contributed by atoms with Crippen molar-refractivity contribution in [2.24, 2.45) is 0 Å². The van der Waals surface area contributed by atoms with Crippen molar-refractivity contribution in [1.82, 2.24) is 9.97 Å². The number of sulfonamides is 1. The van der Waals surface area contributed by atoms with Gasteiger partial charge >= 0.3 is 0 Å². The van der Waals surface area contributed by atoms with Crippen molar-refractivity contribution in [3.8, 4) is 11.5 Å². The lowest BCUT2D eigenvalue weighted by molar-refractivity contribution is -0.116. The summed E-state index contributed by atoms with van der Waals surface area (Å²) in [7, 11) is -2.29. The van der Waals surface area contributed by atoms with Gasteiger partial charge in [-0.25, -0.2) is 23.1 Å². The van der Waals surface area contributed by atoms with E-state index in [1.54, 1.807) is 27.0 Å². The highest BCUT2D eigenvalue weighted by Crippen LogP contribution is 2.28. The van der Waals surface area contributed by atoms with Crippen LogP contribution in [0.2, 0.25) is 0 Å². The van der Waals surface area contributed by atoms with Gasteiger partial charge in [-0.05, 0) is 75.2 Å². The van der Waals surface area contributed by atoms with Crippen molar-refractivity contribution in [1.29, 1.82) is 0 Å². The van der Waals surface area contributed by atoms with Crippen molar-refractivity contribution in [2.75, 3.05) is 23.8 Å². The van der Waals surface area contributed by atoms with Crippen LogP contribution in [0, 0.1) is 13.8 Å². The fraction of sp³-hybridized carbons (Fsp3) is 0.292. The van der Waals surface area contributed by atoms with E-state index < -0.39 is 10.0 Å². The highest BCUT2D eigenvalue weighted by molar-refractivity contribution is 7.92. The standard InChI is InChI=1S/C24H28N4O5S/c1-5-33-21-12-6-18(15-22(21)32-4)7-13-23(29)27-19-8-10-20(11-9-19)34(30,31)28-24-25-16(2)14-17(3)26-24/h6,8-12,14-15H,5,7,13H2,1-4H3,(H,27,29)(H,25,26,28). The van der Waals surface area contributed by atoms with E-state index in [1.165, 1.54) is 24.3 Å². The van der Waals surface area contributed by atoms with E-state index in [9.17, 15) is 13.2 Å². The molecule has 0 saturated heterocycles. The molecule has 2 aromatic carbocycles. The van der Waals surface area contributed by atoms with Crippen molar-refractivity contribution >= 4 is 27.6 Å². The van der Waals surface area contributed by atoms with Gasteiger partial charge in [0.05, 0.1) is 18.6 Å². The summed E-state index contributed by atoms with van der Waals surface area (Å²) in [5.41, 5.74) is 2.76. The highest BCUT2D eigenvalue weighted by atomic mass is 32.2. The Morgan fingerprint density at radius 2 is 1.65 bits per heavy atom. The number of nitrogens with one attached hydrogen (secondary N) is 2. The van der Waals surface area contributed by atoms with Crippen LogP contribution in [0.3, 0.4) is 0 Å². The number of aryl methyl sites for hydroxylation is 3. The smallest absolute Gasteiger partial charge is 0.264 e. The molecule has 180 valence electrons. The van der Waals surface area contributed by atoms with E-state index >= 15 is 0 Å². The van der Waals surface area contributed by atoms with Gasteiger partial charge in [-0.3, -0.25) is 4.79 Å². The fourth-order valence-electron chi connectivity index (χ4n) is 3.29.